The quantitative estimate of drug-likeness (QED) is 0.610. The number of benzene rings is 2. The molecule has 0 saturated carbocycles. The molecule has 140 valence electrons. The van der Waals surface area contributed by atoms with E-state index >= 15 is 0 Å². The number of rotatable bonds is 5. The number of carbonyl (C=O) groups is 2. The number of anilines is 3. The lowest BCUT2D eigenvalue weighted by Crippen LogP contribution is -2.10. The minimum absolute atomic E-state index is 0.0154. The number of carbonyl (C=O) groups excluding carboxylic acids is 1. The first-order valence-electron chi connectivity index (χ1n) is 8.38. The van der Waals surface area contributed by atoms with Gasteiger partial charge in [0.05, 0.1) is 17.8 Å². The summed E-state index contributed by atoms with van der Waals surface area (Å²) in [5, 5.41) is 24.6. The van der Waals surface area contributed by atoms with Gasteiger partial charge < -0.3 is 15.7 Å². The van der Waals surface area contributed by atoms with E-state index in [1.807, 2.05) is 24.4 Å². The van der Waals surface area contributed by atoms with Crippen LogP contribution >= 0.6 is 11.3 Å². The predicted molar refractivity (Wildman–Crippen MR) is 108 cm³/mol. The maximum atomic E-state index is 11.4. The number of carboxylic acids is 1. The van der Waals surface area contributed by atoms with E-state index in [0.717, 1.165) is 11.3 Å². The summed E-state index contributed by atoms with van der Waals surface area (Å²) < 4.78 is 0. The highest BCUT2D eigenvalue weighted by atomic mass is 32.1. The van der Waals surface area contributed by atoms with Crippen LogP contribution in [0.1, 0.15) is 28.4 Å². The fourth-order valence-corrected chi connectivity index (χ4v) is 3.61. The third kappa shape index (κ3) is 3.60. The molecule has 2 aromatic carbocycles. The van der Waals surface area contributed by atoms with Gasteiger partial charge in [-0.1, -0.05) is 23.5 Å². The Kier molecular flexibility index (Phi) is 4.58. The second kappa shape index (κ2) is 7.20. The number of hydrogen-bond donors (Lipinski definition) is 3. The van der Waals surface area contributed by atoms with Gasteiger partial charge >= 0.3 is 5.97 Å². The number of amides is 1. The van der Waals surface area contributed by atoms with Crippen LogP contribution in [0.15, 0.2) is 41.4 Å². The van der Waals surface area contributed by atoms with Crippen molar-refractivity contribution in [3.05, 3.63) is 53.1 Å². The molecular formula is C19H15N5O3S. The number of aliphatic imine (C=N–C) groups is 1. The molecule has 1 aliphatic heterocycles. The van der Waals surface area contributed by atoms with Gasteiger partial charge in [0.2, 0.25) is 11.0 Å². The zero-order valence-electron chi connectivity index (χ0n) is 14.8. The van der Waals surface area contributed by atoms with Gasteiger partial charge in [-0.15, -0.1) is 10.2 Å². The Labute approximate surface area is 164 Å². The zero-order valence-corrected chi connectivity index (χ0v) is 15.6. The van der Waals surface area contributed by atoms with Crippen LogP contribution in [0.5, 0.6) is 0 Å². The lowest BCUT2D eigenvalue weighted by molar-refractivity contribution is -0.114. The highest BCUT2D eigenvalue weighted by Gasteiger charge is 2.15. The fraction of sp³-hybridized carbons (Fsp3) is 0.105. The molecule has 1 amide bonds. The van der Waals surface area contributed by atoms with Gasteiger partial charge in [-0.25, -0.2) is 4.79 Å². The van der Waals surface area contributed by atoms with Gasteiger partial charge in [-0.3, -0.25) is 9.79 Å². The van der Waals surface area contributed by atoms with E-state index in [2.05, 4.69) is 25.8 Å². The molecule has 0 spiro atoms. The van der Waals surface area contributed by atoms with Crippen molar-refractivity contribution in [2.75, 3.05) is 10.6 Å². The van der Waals surface area contributed by atoms with Crippen LogP contribution in [0.2, 0.25) is 0 Å². The monoisotopic (exact) mass is 393 g/mol. The van der Waals surface area contributed by atoms with Crippen LogP contribution in [-0.4, -0.2) is 33.4 Å². The van der Waals surface area contributed by atoms with Gasteiger partial charge in [-0.05, 0) is 35.4 Å². The molecule has 0 fully saturated rings. The largest absolute Gasteiger partial charge is 0.478 e. The summed E-state index contributed by atoms with van der Waals surface area (Å²) >= 11 is 1.33. The van der Waals surface area contributed by atoms with Crippen LogP contribution in [-0.2, 0) is 11.3 Å². The van der Waals surface area contributed by atoms with Gasteiger partial charge in [0.15, 0.2) is 0 Å². The van der Waals surface area contributed by atoms with E-state index < -0.39 is 5.97 Å². The number of nitrogens with one attached hydrogen (secondary N) is 2. The van der Waals surface area contributed by atoms with E-state index in [1.54, 1.807) is 12.1 Å². The Morgan fingerprint density at radius 2 is 2.00 bits per heavy atom. The molecule has 0 atom stereocenters. The van der Waals surface area contributed by atoms with Crippen LogP contribution in [0.25, 0.3) is 10.6 Å². The lowest BCUT2D eigenvalue weighted by Gasteiger charge is -2.08. The van der Waals surface area contributed by atoms with Crippen LogP contribution in [0.4, 0.5) is 16.5 Å². The van der Waals surface area contributed by atoms with Crippen molar-refractivity contribution in [2.24, 2.45) is 4.99 Å². The van der Waals surface area contributed by atoms with Gasteiger partial charge in [0.1, 0.15) is 5.01 Å². The Bertz CT molecular complexity index is 1120. The Morgan fingerprint density at radius 3 is 2.79 bits per heavy atom. The van der Waals surface area contributed by atoms with Crippen molar-refractivity contribution in [1.29, 1.82) is 0 Å². The van der Waals surface area contributed by atoms with Crippen molar-refractivity contribution in [1.82, 2.24) is 10.2 Å². The number of aromatic nitrogens is 2. The predicted octanol–water partition coefficient (Wildman–Crippen LogP) is 3.54. The van der Waals surface area contributed by atoms with Crippen molar-refractivity contribution in [2.45, 2.75) is 13.5 Å². The van der Waals surface area contributed by atoms with Crippen molar-refractivity contribution in [3.8, 4) is 10.6 Å². The third-order valence-electron chi connectivity index (χ3n) is 4.12. The fourth-order valence-electron chi connectivity index (χ4n) is 2.85. The average molecular weight is 393 g/mol. The van der Waals surface area contributed by atoms with E-state index in [9.17, 15) is 14.7 Å². The van der Waals surface area contributed by atoms with E-state index in [-0.39, 0.29) is 17.2 Å². The summed E-state index contributed by atoms with van der Waals surface area (Å²) in [4.78, 5) is 27.0. The number of aromatic carboxylic acids is 1. The molecule has 8 nitrogen and oxygen atoms in total. The van der Waals surface area contributed by atoms with Crippen LogP contribution in [0.3, 0.4) is 0 Å². The summed E-state index contributed by atoms with van der Waals surface area (Å²) in [6.45, 7) is 2.04. The molecule has 4 rings (SSSR count). The Morgan fingerprint density at radius 1 is 1.14 bits per heavy atom. The summed E-state index contributed by atoms with van der Waals surface area (Å²) in [5.41, 5.74) is 4.06. The Balaban J connectivity index is 1.59. The normalized spacial score (nSPS) is 11.9. The first kappa shape index (κ1) is 17.8. The molecule has 0 radical (unpaired) electrons. The van der Waals surface area contributed by atoms with Crippen LogP contribution in [0, 0.1) is 0 Å². The third-order valence-corrected chi connectivity index (χ3v) is 5.01. The van der Waals surface area contributed by atoms with E-state index in [1.165, 1.54) is 29.9 Å². The molecule has 28 heavy (non-hydrogen) atoms. The first-order chi connectivity index (χ1) is 13.5. The van der Waals surface area contributed by atoms with E-state index in [4.69, 9.17) is 0 Å². The number of hydrogen-bond acceptors (Lipinski definition) is 7. The molecule has 0 unspecified atom stereocenters. The molecule has 1 aliphatic rings. The smallest absolute Gasteiger partial charge is 0.337 e. The summed E-state index contributed by atoms with van der Waals surface area (Å²) in [6, 6.07) is 10.7. The SMILES string of the molecule is CC(=O)Nc1cc(-c2nnc(Nc3ccc4c(c3)C=NC4)s2)ccc1C(=O)O. The van der Waals surface area contributed by atoms with Gasteiger partial charge in [0.25, 0.3) is 0 Å². The van der Waals surface area contributed by atoms with Crippen molar-refractivity contribution < 1.29 is 14.7 Å². The second-order valence-corrected chi connectivity index (χ2v) is 7.14. The first-order valence-corrected chi connectivity index (χ1v) is 9.20. The Hall–Kier alpha value is -3.59. The van der Waals surface area contributed by atoms with Gasteiger partial charge in [0, 0.05) is 24.4 Å². The number of nitrogens with zero attached hydrogens (tertiary/aromatic N) is 3. The standard InChI is InChI=1S/C19H15N5O3S/c1-10(25)21-16-7-11(3-5-15(16)18(26)27)17-23-24-19(28-17)22-14-4-2-12-8-20-9-13(12)6-14/h2-7,9H,8H2,1H3,(H,21,25)(H,22,24)(H,26,27). The minimum atomic E-state index is -1.12. The molecule has 3 N–H and O–H groups in total. The number of fused-ring (bicyclic) bond motifs is 1. The molecule has 0 aliphatic carbocycles. The molecule has 0 saturated heterocycles. The minimum Gasteiger partial charge on any atom is -0.478 e. The number of carboxylic acid groups (broad SMARTS) is 1. The lowest BCUT2D eigenvalue weighted by atomic mass is 10.1. The molecule has 3 aromatic rings. The summed E-state index contributed by atoms with van der Waals surface area (Å²) in [6.07, 6.45) is 1.85. The summed E-state index contributed by atoms with van der Waals surface area (Å²) in [7, 11) is 0. The van der Waals surface area contributed by atoms with E-state index in [0.29, 0.717) is 22.2 Å². The van der Waals surface area contributed by atoms with Crippen LogP contribution < -0.4 is 10.6 Å². The average Bonchev–Trinajstić information content (AvgIpc) is 3.30. The maximum absolute atomic E-state index is 11.4. The highest BCUT2D eigenvalue weighted by Crippen LogP contribution is 2.32. The maximum Gasteiger partial charge on any atom is 0.337 e. The summed E-state index contributed by atoms with van der Waals surface area (Å²) in [5.74, 6) is -1.46. The molecule has 2 heterocycles. The van der Waals surface area contributed by atoms with Crippen molar-refractivity contribution in [3.63, 3.8) is 0 Å². The van der Waals surface area contributed by atoms with Gasteiger partial charge in [-0.2, -0.15) is 0 Å². The zero-order chi connectivity index (χ0) is 19.7. The molecule has 0 bridgehead atoms. The molecular weight excluding hydrogens is 378 g/mol. The topological polar surface area (TPSA) is 117 Å². The molecule has 9 heteroatoms. The second-order valence-electron chi connectivity index (χ2n) is 6.17. The van der Waals surface area contributed by atoms with Crippen molar-refractivity contribution >= 4 is 45.9 Å². The molecule has 1 aromatic heterocycles. The highest BCUT2D eigenvalue weighted by molar-refractivity contribution is 7.18.